The fraction of sp³-hybridized carbons (Fsp3) is 0.200. The molecule has 7 nitrogen and oxygen atoms in total. The molecule has 0 unspecified atom stereocenters. The molecule has 0 radical (unpaired) electrons. The zero-order valence-corrected chi connectivity index (χ0v) is 27.0. The summed E-state index contributed by atoms with van der Waals surface area (Å²) in [6.45, 7) is 2.09. The minimum atomic E-state index is -1.24. The molecule has 0 amide bonds. The Morgan fingerprint density at radius 1 is 0.800 bits per heavy atom. The Kier molecular flexibility index (Phi) is 26.0. The van der Waals surface area contributed by atoms with E-state index < -0.39 is 11.9 Å². The van der Waals surface area contributed by atoms with E-state index in [2.05, 4.69) is 4.17 Å². The third-order valence-corrected chi connectivity index (χ3v) is 3.96. The molecule has 0 atom stereocenters. The van der Waals surface area contributed by atoms with Gasteiger partial charge in [-0.1, -0.05) is 43.7 Å². The second-order valence-corrected chi connectivity index (χ2v) is 6.36. The van der Waals surface area contributed by atoms with Crippen LogP contribution in [0, 0.1) is 0 Å². The molecule has 3 N–H and O–H groups in total. The molecule has 0 heterocycles. The first-order valence-electron chi connectivity index (χ1n) is 10.5. The average molecular weight is 508 g/mol. The van der Waals surface area contributed by atoms with E-state index >= 15 is 0 Å². The first-order valence-corrected chi connectivity index (χ1v) is 12.5. The van der Waals surface area contributed by atoms with Gasteiger partial charge in [0.2, 0.25) is 0 Å². The molecule has 0 aliphatic rings. The van der Waals surface area contributed by atoms with Crippen molar-refractivity contribution in [2.75, 3.05) is 0 Å². The standard InChI is InChI=1S/C10H12O3.C7H6O3.C7H8O.CH3.3Na/c1-2-3-7-6-8(11)4-5-9(7)10(12)13;8-6-3-1-5(2-4-6)7(9)10;8-6-7-4-2-1-3-5-7;;;;/h4-6,11H,2-3H2,1H3,(H,12,13);1-4,8H,(H,9,10);1-5,8H,6H2;1H3;;;/q;;;;;2*+1/p-2. The van der Waals surface area contributed by atoms with Crippen LogP contribution in [0.2, 0.25) is 4.17 Å². The van der Waals surface area contributed by atoms with E-state index in [1.54, 1.807) is 0 Å². The first-order chi connectivity index (χ1) is 15.8. The zero-order valence-electron chi connectivity index (χ0n) is 21.0. The summed E-state index contributed by atoms with van der Waals surface area (Å²) in [7, 11) is 0. The SMILES string of the molecule is CCCc1cc(O)ccc1C(=O)[O-].O=C([O-])c1ccc(O)cc1.OCc1ccccc1.[CH3][Na].[Na+].[Na+]. The molecule has 3 rings (SSSR count). The zero-order chi connectivity index (χ0) is 25.2. The van der Waals surface area contributed by atoms with Crippen molar-refractivity contribution in [3.8, 4) is 11.5 Å². The van der Waals surface area contributed by atoms with Gasteiger partial charge in [-0.05, 0) is 65.6 Å². The maximum Gasteiger partial charge on any atom is 1.00 e. The number of phenolic OH excluding ortho intramolecular Hbond substituents is 2. The Labute approximate surface area is 268 Å². The molecule has 0 saturated heterocycles. The molecule has 0 spiro atoms. The van der Waals surface area contributed by atoms with Crippen LogP contribution in [0.5, 0.6) is 11.5 Å². The number of carboxylic acid groups (broad SMARTS) is 2. The second-order valence-electron chi connectivity index (χ2n) is 6.36. The normalized spacial score (nSPS) is 8.60. The number of carbonyl (C=O) groups excluding carboxylic acids is 2. The molecule has 0 fully saturated rings. The van der Waals surface area contributed by atoms with E-state index in [0.717, 1.165) is 12.0 Å². The van der Waals surface area contributed by atoms with Crippen LogP contribution in [0.3, 0.4) is 0 Å². The van der Waals surface area contributed by atoms with Crippen LogP contribution in [0.25, 0.3) is 0 Å². The van der Waals surface area contributed by atoms with E-state index in [-0.39, 0.29) is 88.3 Å². The van der Waals surface area contributed by atoms with Crippen LogP contribution in [0.15, 0.2) is 72.8 Å². The van der Waals surface area contributed by atoms with Gasteiger partial charge in [-0.2, -0.15) is 0 Å². The molecule has 0 aromatic heterocycles. The summed E-state index contributed by atoms with van der Waals surface area (Å²) >= 11 is 1.31. The Morgan fingerprint density at radius 3 is 1.71 bits per heavy atom. The van der Waals surface area contributed by atoms with Crippen LogP contribution >= 0.6 is 0 Å². The molecule has 3 aromatic carbocycles. The van der Waals surface area contributed by atoms with E-state index in [1.165, 1.54) is 70.4 Å². The van der Waals surface area contributed by atoms with Gasteiger partial charge in [-0.25, -0.2) is 0 Å². The fourth-order valence-corrected chi connectivity index (χ4v) is 2.44. The number of phenols is 2. The van der Waals surface area contributed by atoms with Crippen molar-refractivity contribution in [2.45, 2.75) is 30.5 Å². The third kappa shape index (κ3) is 17.3. The minimum Gasteiger partial charge on any atom is 1.00 e. The summed E-state index contributed by atoms with van der Waals surface area (Å²) in [5.41, 5.74) is 1.83. The number of hydrogen-bond donors (Lipinski definition) is 3. The van der Waals surface area contributed by atoms with Gasteiger partial charge in [0.1, 0.15) is 11.5 Å². The van der Waals surface area contributed by atoms with Crippen molar-refractivity contribution in [2.24, 2.45) is 0 Å². The number of hydrogen-bond acceptors (Lipinski definition) is 7. The molecule has 10 heteroatoms. The number of aromatic carboxylic acids is 2. The molecule has 3 aromatic rings. The predicted octanol–water partition coefficient (Wildman–Crippen LogP) is -4.15. The molecule has 0 aliphatic heterocycles. The van der Waals surface area contributed by atoms with Crippen LogP contribution in [0.4, 0.5) is 0 Å². The van der Waals surface area contributed by atoms with Crippen molar-refractivity contribution < 1.29 is 94.2 Å². The van der Waals surface area contributed by atoms with Crippen LogP contribution < -0.4 is 69.3 Å². The smallest absolute Gasteiger partial charge is 1.00 e. The Morgan fingerprint density at radius 2 is 1.31 bits per heavy atom. The number of aliphatic hydroxyl groups is 1. The third-order valence-electron chi connectivity index (χ3n) is 3.96. The Bertz CT molecular complexity index is 967. The van der Waals surface area contributed by atoms with Crippen molar-refractivity contribution in [1.29, 1.82) is 0 Å². The average Bonchev–Trinajstić information content (AvgIpc) is 2.82. The summed E-state index contributed by atoms with van der Waals surface area (Å²) in [6, 6.07) is 18.9. The number of benzene rings is 3. The van der Waals surface area contributed by atoms with Gasteiger partial charge in [-0.15, -0.1) is 0 Å². The van der Waals surface area contributed by atoms with Gasteiger partial charge >= 0.3 is 91.2 Å². The van der Waals surface area contributed by atoms with E-state index in [9.17, 15) is 19.8 Å². The monoisotopic (exact) mass is 508 g/mol. The van der Waals surface area contributed by atoms with Crippen LogP contribution in [-0.4, -0.2) is 55.2 Å². The molecule has 0 saturated carbocycles. The fourth-order valence-electron chi connectivity index (χ4n) is 2.44. The summed E-state index contributed by atoms with van der Waals surface area (Å²) in [5, 5.41) is 47.1. The predicted molar refractivity (Wildman–Crippen MR) is 123 cm³/mol. The molecular formula is C25H27Na3O7. The topological polar surface area (TPSA) is 141 Å². The molecule has 35 heavy (non-hydrogen) atoms. The van der Waals surface area contributed by atoms with Crippen molar-refractivity contribution >= 4 is 39.9 Å². The van der Waals surface area contributed by atoms with Gasteiger partial charge in [0.05, 0.1) is 18.5 Å². The largest absolute Gasteiger partial charge is 1.00 e. The number of aliphatic hydroxyl groups excluding tert-OH is 1. The van der Waals surface area contributed by atoms with Crippen LogP contribution in [-0.2, 0) is 13.0 Å². The minimum absolute atomic E-state index is 0. The van der Waals surface area contributed by atoms with E-state index in [1.807, 2.05) is 37.3 Å². The van der Waals surface area contributed by atoms with Gasteiger partial charge in [0.15, 0.2) is 0 Å². The van der Waals surface area contributed by atoms with Crippen molar-refractivity contribution in [3.63, 3.8) is 0 Å². The summed E-state index contributed by atoms with van der Waals surface area (Å²) < 4.78 is 2.14. The number of rotatable bonds is 5. The second kappa shape index (κ2) is 23.6. The summed E-state index contributed by atoms with van der Waals surface area (Å²) in [6.07, 6.45) is 1.47. The summed E-state index contributed by atoms with van der Waals surface area (Å²) in [5.74, 6) is -2.29. The van der Waals surface area contributed by atoms with E-state index in [0.29, 0.717) is 12.0 Å². The maximum absolute atomic E-state index is 10.6. The van der Waals surface area contributed by atoms with Gasteiger partial charge in [0, 0.05) is 5.56 Å². The molecule has 172 valence electrons. The first kappa shape index (κ1) is 38.7. The van der Waals surface area contributed by atoms with Crippen molar-refractivity contribution in [1.82, 2.24) is 0 Å². The quantitative estimate of drug-likeness (QED) is 0.297. The molecule has 0 bridgehead atoms. The van der Waals surface area contributed by atoms with E-state index in [4.69, 9.17) is 15.3 Å². The Balaban J connectivity index is -0.000000422. The number of aromatic hydroxyl groups is 2. The van der Waals surface area contributed by atoms with Gasteiger partial charge in [-0.3, -0.25) is 0 Å². The summed E-state index contributed by atoms with van der Waals surface area (Å²) in [4.78, 5) is 20.7. The van der Waals surface area contributed by atoms with Crippen molar-refractivity contribution in [3.05, 3.63) is 95.1 Å². The van der Waals surface area contributed by atoms with Crippen LogP contribution in [0.1, 0.15) is 45.2 Å². The molecule has 0 aliphatic carbocycles. The number of carboxylic acids is 2. The number of carbonyl (C=O) groups is 2. The maximum atomic E-state index is 10.6. The molecular weight excluding hydrogens is 481 g/mol. The number of aryl methyl sites for hydroxylation is 1. The Hall–Kier alpha value is -0.840. The van der Waals surface area contributed by atoms with Gasteiger partial charge < -0.3 is 35.1 Å². The van der Waals surface area contributed by atoms with Gasteiger partial charge in [0.25, 0.3) is 0 Å².